The predicted molar refractivity (Wildman–Crippen MR) is 85.6 cm³/mol. The van der Waals surface area contributed by atoms with Gasteiger partial charge < -0.3 is 10.2 Å². The van der Waals surface area contributed by atoms with Gasteiger partial charge in [0.15, 0.2) is 0 Å². The number of piperazine rings is 1. The smallest absolute Gasteiger partial charge is 0.337 e. The van der Waals surface area contributed by atoms with Crippen LogP contribution in [0.4, 0.5) is 13.2 Å². The lowest BCUT2D eigenvalue weighted by atomic mass is 9.97. The molecule has 2 unspecified atom stereocenters. The first-order valence-corrected chi connectivity index (χ1v) is 7.46. The van der Waals surface area contributed by atoms with E-state index in [0.29, 0.717) is 18.5 Å². The summed E-state index contributed by atoms with van der Waals surface area (Å²) in [7, 11) is 0. The zero-order chi connectivity index (χ0) is 16.3. The Morgan fingerprint density at radius 3 is 2.74 bits per heavy atom. The van der Waals surface area contributed by atoms with E-state index >= 15 is 0 Å². The molecular weight excluding hydrogens is 329 g/mol. The van der Waals surface area contributed by atoms with Gasteiger partial charge in [0.05, 0.1) is 5.56 Å². The van der Waals surface area contributed by atoms with E-state index in [1.165, 1.54) is 6.07 Å². The van der Waals surface area contributed by atoms with Gasteiger partial charge in [-0.15, -0.1) is 12.4 Å². The number of nitrogens with zero attached hydrogens (tertiary/aromatic N) is 1. The Kier molecular flexibility index (Phi) is 6.89. The fraction of sp³-hybridized carbons (Fsp3) is 0.562. The van der Waals surface area contributed by atoms with Gasteiger partial charge >= 0.3 is 6.18 Å². The van der Waals surface area contributed by atoms with Crippen LogP contribution in [0.2, 0.25) is 0 Å². The summed E-state index contributed by atoms with van der Waals surface area (Å²) in [6, 6.07) is 5.33. The molecule has 0 aliphatic carbocycles. The van der Waals surface area contributed by atoms with Crippen molar-refractivity contribution in [2.45, 2.75) is 32.5 Å². The van der Waals surface area contributed by atoms with Gasteiger partial charge in [-0.1, -0.05) is 25.1 Å². The summed E-state index contributed by atoms with van der Waals surface area (Å²) in [5.74, 6) is -0.324. The summed E-state index contributed by atoms with van der Waals surface area (Å²) in [4.78, 5) is 14.3. The van der Waals surface area contributed by atoms with Crippen LogP contribution in [0.3, 0.4) is 0 Å². The molecule has 1 N–H and O–H groups in total. The van der Waals surface area contributed by atoms with Crippen LogP contribution in [0.5, 0.6) is 0 Å². The molecule has 1 aliphatic heterocycles. The highest BCUT2D eigenvalue weighted by Gasteiger charge is 2.31. The van der Waals surface area contributed by atoms with Crippen LogP contribution in [0.25, 0.3) is 0 Å². The normalized spacial score (nSPS) is 19.9. The standard InChI is InChI=1S/C16H21F3N2O.ClH/c1-11(15(22)21-7-6-20-10-12(21)2)8-13-4-3-5-14(9-13)16(17,18)19;/h3-5,9,11-12,20H,6-8,10H2,1-2H3;1H. The summed E-state index contributed by atoms with van der Waals surface area (Å²) in [5, 5.41) is 3.21. The third-order valence-electron chi connectivity index (χ3n) is 4.00. The minimum Gasteiger partial charge on any atom is -0.337 e. The van der Waals surface area contributed by atoms with Gasteiger partial charge in [-0.05, 0) is 25.0 Å². The maximum Gasteiger partial charge on any atom is 0.416 e. The van der Waals surface area contributed by atoms with Gasteiger partial charge in [0.2, 0.25) is 5.91 Å². The molecule has 1 fully saturated rings. The van der Waals surface area contributed by atoms with Crippen molar-refractivity contribution in [3.63, 3.8) is 0 Å². The third-order valence-corrected chi connectivity index (χ3v) is 4.00. The second-order valence-corrected chi connectivity index (χ2v) is 5.89. The Hall–Kier alpha value is -1.27. The monoisotopic (exact) mass is 350 g/mol. The topological polar surface area (TPSA) is 32.3 Å². The Balaban J connectivity index is 0.00000264. The number of amides is 1. The van der Waals surface area contributed by atoms with E-state index in [1.54, 1.807) is 13.0 Å². The molecule has 0 radical (unpaired) electrons. The molecule has 1 heterocycles. The maximum absolute atomic E-state index is 12.7. The quantitative estimate of drug-likeness (QED) is 0.908. The molecule has 130 valence electrons. The van der Waals surface area contributed by atoms with E-state index in [-0.39, 0.29) is 30.3 Å². The number of alkyl halides is 3. The second-order valence-electron chi connectivity index (χ2n) is 5.89. The van der Waals surface area contributed by atoms with Crippen molar-refractivity contribution in [2.75, 3.05) is 19.6 Å². The molecule has 2 atom stereocenters. The number of rotatable bonds is 3. The van der Waals surface area contributed by atoms with Crippen molar-refractivity contribution in [2.24, 2.45) is 5.92 Å². The molecule has 0 bridgehead atoms. The number of hydrogen-bond donors (Lipinski definition) is 1. The predicted octanol–water partition coefficient (Wildman–Crippen LogP) is 3.13. The van der Waals surface area contributed by atoms with Gasteiger partial charge in [-0.3, -0.25) is 4.79 Å². The molecule has 0 saturated carbocycles. The Morgan fingerprint density at radius 2 is 2.13 bits per heavy atom. The van der Waals surface area contributed by atoms with Crippen molar-refractivity contribution >= 4 is 18.3 Å². The van der Waals surface area contributed by atoms with Crippen LogP contribution in [-0.2, 0) is 17.4 Å². The van der Waals surface area contributed by atoms with E-state index in [1.807, 2.05) is 11.8 Å². The third kappa shape index (κ3) is 5.11. The summed E-state index contributed by atoms with van der Waals surface area (Å²) in [6.45, 7) is 5.90. The van der Waals surface area contributed by atoms with Crippen LogP contribution in [-0.4, -0.2) is 36.5 Å². The van der Waals surface area contributed by atoms with Crippen LogP contribution >= 0.6 is 12.4 Å². The van der Waals surface area contributed by atoms with Crippen LogP contribution < -0.4 is 5.32 Å². The summed E-state index contributed by atoms with van der Waals surface area (Å²) >= 11 is 0. The molecule has 1 amide bonds. The minimum atomic E-state index is -4.35. The minimum absolute atomic E-state index is 0. The largest absolute Gasteiger partial charge is 0.416 e. The number of nitrogens with one attached hydrogen (secondary N) is 1. The van der Waals surface area contributed by atoms with E-state index in [4.69, 9.17) is 0 Å². The Bertz CT molecular complexity index is 536. The first-order chi connectivity index (χ1) is 10.3. The molecule has 7 heteroatoms. The maximum atomic E-state index is 12.7. The second kappa shape index (κ2) is 8.02. The molecule has 1 aromatic rings. The fourth-order valence-electron chi connectivity index (χ4n) is 2.77. The molecule has 1 aliphatic rings. The van der Waals surface area contributed by atoms with E-state index in [2.05, 4.69) is 5.32 Å². The number of carbonyl (C=O) groups is 1. The highest BCUT2D eigenvalue weighted by atomic mass is 35.5. The van der Waals surface area contributed by atoms with Gasteiger partial charge in [-0.2, -0.15) is 13.2 Å². The lowest BCUT2D eigenvalue weighted by molar-refractivity contribution is -0.138. The molecule has 3 nitrogen and oxygen atoms in total. The lowest BCUT2D eigenvalue weighted by Gasteiger charge is -2.35. The Labute approximate surface area is 140 Å². The van der Waals surface area contributed by atoms with Crippen molar-refractivity contribution in [1.82, 2.24) is 10.2 Å². The van der Waals surface area contributed by atoms with Crippen molar-refractivity contribution in [3.8, 4) is 0 Å². The van der Waals surface area contributed by atoms with E-state index in [0.717, 1.165) is 25.2 Å². The van der Waals surface area contributed by atoms with Crippen LogP contribution in [0.1, 0.15) is 25.0 Å². The van der Waals surface area contributed by atoms with Crippen molar-refractivity contribution in [1.29, 1.82) is 0 Å². The molecule has 2 rings (SSSR count). The van der Waals surface area contributed by atoms with Gasteiger partial charge in [0.25, 0.3) is 0 Å². The first-order valence-electron chi connectivity index (χ1n) is 7.46. The van der Waals surface area contributed by atoms with Crippen molar-refractivity contribution in [3.05, 3.63) is 35.4 Å². The first kappa shape index (κ1) is 19.8. The average Bonchev–Trinajstić information content (AvgIpc) is 2.46. The number of halogens is 4. The van der Waals surface area contributed by atoms with E-state index in [9.17, 15) is 18.0 Å². The Morgan fingerprint density at radius 1 is 1.43 bits per heavy atom. The zero-order valence-electron chi connectivity index (χ0n) is 13.2. The zero-order valence-corrected chi connectivity index (χ0v) is 14.0. The number of carbonyl (C=O) groups excluding carboxylic acids is 1. The van der Waals surface area contributed by atoms with Crippen molar-refractivity contribution < 1.29 is 18.0 Å². The summed E-state index contributed by atoms with van der Waals surface area (Å²) in [5.41, 5.74) is -0.126. The summed E-state index contributed by atoms with van der Waals surface area (Å²) < 4.78 is 38.2. The lowest BCUT2D eigenvalue weighted by Crippen LogP contribution is -2.53. The summed E-state index contributed by atoms with van der Waals surface area (Å²) in [6.07, 6.45) is -4.03. The van der Waals surface area contributed by atoms with E-state index < -0.39 is 11.7 Å². The van der Waals surface area contributed by atoms with Crippen LogP contribution in [0.15, 0.2) is 24.3 Å². The number of hydrogen-bond acceptors (Lipinski definition) is 2. The highest BCUT2D eigenvalue weighted by Crippen LogP contribution is 2.30. The SMILES string of the molecule is CC(Cc1cccc(C(F)(F)F)c1)C(=O)N1CCNCC1C.Cl. The van der Waals surface area contributed by atoms with Crippen LogP contribution in [0, 0.1) is 5.92 Å². The molecule has 1 aromatic carbocycles. The molecular formula is C16H22ClF3N2O. The average molecular weight is 351 g/mol. The highest BCUT2D eigenvalue weighted by molar-refractivity contribution is 5.85. The number of benzene rings is 1. The van der Waals surface area contributed by atoms with Gasteiger partial charge in [0, 0.05) is 31.6 Å². The van der Waals surface area contributed by atoms with Gasteiger partial charge in [0.1, 0.15) is 0 Å². The fourth-order valence-corrected chi connectivity index (χ4v) is 2.77. The molecule has 1 saturated heterocycles. The molecule has 23 heavy (non-hydrogen) atoms. The molecule has 0 spiro atoms. The molecule has 0 aromatic heterocycles. The van der Waals surface area contributed by atoms with Gasteiger partial charge in [-0.25, -0.2) is 0 Å².